The summed E-state index contributed by atoms with van der Waals surface area (Å²) in [7, 11) is -3.77. The van der Waals surface area contributed by atoms with E-state index in [-0.39, 0.29) is 4.90 Å². The highest BCUT2D eigenvalue weighted by Crippen LogP contribution is 2.12. The van der Waals surface area contributed by atoms with Crippen LogP contribution in [0.1, 0.15) is 11.1 Å². The first kappa shape index (κ1) is 19.8. The van der Waals surface area contributed by atoms with Crippen molar-refractivity contribution in [2.24, 2.45) is 5.10 Å². The molecule has 0 unspecified atom stereocenters. The molecule has 0 aliphatic heterocycles. The molecule has 3 aromatic carbocycles. The van der Waals surface area contributed by atoms with Crippen molar-refractivity contribution >= 4 is 26.8 Å². The van der Waals surface area contributed by atoms with Crippen LogP contribution in [0.25, 0.3) is 11.0 Å². The van der Waals surface area contributed by atoms with Crippen molar-refractivity contribution in [3.05, 3.63) is 90.0 Å². The third kappa shape index (κ3) is 4.55. The zero-order chi connectivity index (χ0) is 21.0. The van der Waals surface area contributed by atoms with E-state index in [1.165, 1.54) is 0 Å². The Kier molecular flexibility index (Phi) is 5.58. The van der Waals surface area contributed by atoms with Gasteiger partial charge in [-0.05, 0) is 36.8 Å². The van der Waals surface area contributed by atoms with Crippen LogP contribution in [0.3, 0.4) is 0 Å². The zero-order valence-corrected chi connectivity index (χ0v) is 17.2. The molecular formula is C22H21N5O2S. The Morgan fingerprint density at radius 1 is 0.967 bits per heavy atom. The first-order valence-corrected chi connectivity index (χ1v) is 11.0. The van der Waals surface area contributed by atoms with Crippen LogP contribution in [0, 0.1) is 6.92 Å². The van der Waals surface area contributed by atoms with E-state index in [1.807, 2.05) is 61.5 Å². The fourth-order valence-electron chi connectivity index (χ4n) is 3.06. The molecule has 0 amide bonds. The van der Waals surface area contributed by atoms with Gasteiger partial charge in [-0.25, -0.2) is 9.51 Å². The first-order valence-electron chi connectivity index (χ1n) is 9.47. The summed E-state index contributed by atoms with van der Waals surface area (Å²) < 4.78 is 27.0. The average molecular weight is 420 g/mol. The molecule has 0 spiro atoms. The number of aromatic nitrogens is 3. The molecule has 1 heterocycles. The number of aryl methyl sites for hydroxylation is 1. The van der Waals surface area contributed by atoms with Crippen LogP contribution in [-0.4, -0.2) is 29.1 Å². The fourth-order valence-corrected chi connectivity index (χ4v) is 3.91. The minimum atomic E-state index is -3.77. The smallest absolute Gasteiger partial charge is 0.239 e. The number of nitrogens with one attached hydrogen (secondary N) is 1. The highest BCUT2D eigenvalue weighted by Gasteiger charge is 2.14. The molecule has 0 bridgehead atoms. The normalized spacial score (nSPS) is 12.2. The average Bonchev–Trinajstić information content (AvgIpc) is 3.16. The molecule has 0 fully saturated rings. The van der Waals surface area contributed by atoms with Crippen molar-refractivity contribution in [2.75, 3.05) is 0 Å². The van der Waals surface area contributed by atoms with E-state index in [1.54, 1.807) is 28.9 Å². The molecule has 0 radical (unpaired) electrons. The van der Waals surface area contributed by atoms with Gasteiger partial charge in [-0.15, -0.1) is 5.10 Å². The molecule has 0 aliphatic rings. The number of nitrogens with zero attached hydrogens (tertiary/aromatic N) is 4. The van der Waals surface area contributed by atoms with Crippen LogP contribution in [0.2, 0.25) is 0 Å². The molecule has 152 valence electrons. The number of para-hydroxylation sites is 1. The lowest BCUT2D eigenvalue weighted by Crippen LogP contribution is -2.23. The van der Waals surface area contributed by atoms with Gasteiger partial charge < -0.3 is 0 Å². The number of benzene rings is 3. The Morgan fingerprint density at radius 2 is 1.67 bits per heavy atom. The summed E-state index contributed by atoms with van der Waals surface area (Å²) in [5.41, 5.74) is 4.26. The third-order valence-corrected chi connectivity index (χ3v) is 5.88. The summed E-state index contributed by atoms with van der Waals surface area (Å²) in [6, 6.07) is 24.0. The van der Waals surface area contributed by atoms with Crippen molar-refractivity contribution < 1.29 is 8.42 Å². The number of sulfonamides is 1. The summed E-state index contributed by atoms with van der Waals surface area (Å²) in [6.45, 7) is 2.22. The summed E-state index contributed by atoms with van der Waals surface area (Å²) >= 11 is 0. The molecule has 1 N–H and O–H groups in total. The first-order chi connectivity index (χ1) is 14.5. The lowest BCUT2D eigenvalue weighted by atomic mass is 10.1. The Bertz CT molecular complexity index is 1280. The molecule has 8 heteroatoms. The Morgan fingerprint density at radius 3 is 2.43 bits per heavy atom. The van der Waals surface area contributed by atoms with Crippen molar-refractivity contribution in [1.82, 2.24) is 19.8 Å². The minimum Gasteiger partial charge on any atom is -0.239 e. The predicted molar refractivity (Wildman–Crippen MR) is 117 cm³/mol. The van der Waals surface area contributed by atoms with Gasteiger partial charge in [0, 0.05) is 6.42 Å². The lowest BCUT2D eigenvalue weighted by Gasteiger charge is -2.10. The summed E-state index contributed by atoms with van der Waals surface area (Å²) in [5, 5.41) is 12.6. The summed E-state index contributed by atoms with van der Waals surface area (Å²) in [4.78, 5) is 2.54. The largest absolute Gasteiger partial charge is 0.276 e. The zero-order valence-electron chi connectivity index (χ0n) is 16.4. The van der Waals surface area contributed by atoms with Gasteiger partial charge in [-0.3, -0.25) is 0 Å². The van der Waals surface area contributed by atoms with E-state index >= 15 is 0 Å². The van der Waals surface area contributed by atoms with E-state index in [0.717, 1.165) is 22.2 Å². The van der Waals surface area contributed by atoms with Crippen LogP contribution in [-0.2, 0) is 23.0 Å². The van der Waals surface area contributed by atoms with Gasteiger partial charge in [0.1, 0.15) is 5.52 Å². The highest BCUT2D eigenvalue weighted by molar-refractivity contribution is 7.89. The summed E-state index contributed by atoms with van der Waals surface area (Å²) in [6.07, 6.45) is 0.478. The van der Waals surface area contributed by atoms with Crippen molar-refractivity contribution in [2.45, 2.75) is 24.8 Å². The quantitative estimate of drug-likeness (QED) is 0.368. The van der Waals surface area contributed by atoms with Gasteiger partial charge in [0.2, 0.25) is 0 Å². The molecule has 0 saturated carbocycles. The maximum Gasteiger partial charge on any atom is 0.276 e. The molecule has 0 saturated heterocycles. The second-order valence-corrected chi connectivity index (χ2v) is 8.64. The van der Waals surface area contributed by atoms with Crippen LogP contribution in [0.5, 0.6) is 0 Å². The van der Waals surface area contributed by atoms with Crippen LogP contribution < -0.4 is 4.83 Å². The van der Waals surface area contributed by atoms with E-state index < -0.39 is 10.0 Å². The topological polar surface area (TPSA) is 89.2 Å². The Balaban J connectivity index is 1.63. The lowest BCUT2D eigenvalue weighted by molar-refractivity contribution is 0.583. The van der Waals surface area contributed by atoms with E-state index in [0.29, 0.717) is 18.7 Å². The van der Waals surface area contributed by atoms with Gasteiger partial charge in [0.15, 0.2) is 0 Å². The molecule has 4 rings (SSSR count). The minimum absolute atomic E-state index is 0.169. The van der Waals surface area contributed by atoms with E-state index in [2.05, 4.69) is 20.2 Å². The van der Waals surface area contributed by atoms with E-state index in [4.69, 9.17) is 0 Å². The second-order valence-electron chi connectivity index (χ2n) is 6.98. The Hall–Kier alpha value is -3.52. The third-order valence-electron chi connectivity index (χ3n) is 4.66. The van der Waals surface area contributed by atoms with Crippen molar-refractivity contribution in [1.29, 1.82) is 0 Å². The highest BCUT2D eigenvalue weighted by atomic mass is 32.2. The van der Waals surface area contributed by atoms with Crippen molar-refractivity contribution in [3.8, 4) is 0 Å². The number of hydrogen-bond acceptors (Lipinski definition) is 5. The van der Waals surface area contributed by atoms with Gasteiger partial charge >= 0.3 is 0 Å². The molecule has 30 heavy (non-hydrogen) atoms. The molecule has 0 atom stereocenters. The van der Waals surface area contributed by atoms with Gasteiger partial charge in [0.25, 0.3) is 10.0 Å². The van der Waals surface area contributed by atoms with E-state index in [9.17, 15) is 8.42 Å². The standard InChI is InChI=1S/C22H21N5O2S/c1-17-11-13-20(14-12-17)30(28,29)26-23-19(15-18-7-3-2-4-8-18)16-27-22-10-6-5-9-21(22)24-25-27/h2-14,26H,15-16H2,1H3. The number of rotatable bonds is 7. The molecule has 7 nitrogen and oxygen atoms in total. The van der Waals surface area contributed by atoms with Gasteiger partial charge in [-0.1, -0.05) is 65.4 Å². The van der Waals surface area contributed by atoms with Crippen molar-refractivity contribution in [3.63, 3.8) is 0 Å². The van der Waals surface area contributed by atoms with Crippen LogP contribution in [0.4, 0.5) is 0 Å². The maximum atomic E-state index is 12.7. The SMILES string of the molecule is Cc1ccc(S(=O)(=O)NN=C(Cc2ccccc2)Cn2nnc3ccccc32)cc1. The second kappa shape index (κ2) is 8.46. The van der Waals surface area contributed by atoms with Gasteiger partial charge in [0.05, 0.1) is 22.7 Å². The molecule has 4 aromatic rings. The number of fused-ring (bicyclic) bond motifs is 1. The predicted octanol–water partition coefficient (Wildman–Crippen LogP) is 3.32. The summed E-state index contributed by atoms with van der Waals surface area (Å²) in [5.74, 6) is 0. The fraction of sp³-hybridized carbons (Fsp3) is 0.136. The van der Waals surface area contributed by atoms with Gasteiger partial charge in [-0.2, -0.15) is 13.5 Å². The molecule has 1 aromatic heterocycles. The van der Waals surface area contributed by atoms with Crippen LogP contribution in [0.15, 0.2) is 88.9 Å². The molecular weight excluding hydrogens is 398 g/mol. The Labute approximate surface area is 175 Å². The maximum absolute atomic E-state index is 12.7. The molecule has 0 aliphatic carbocycles. The monoisotopic (exact) mass is 419 g/mol. The van der Waals surface area contributed by atoms with Crippen LogP contribution >= 0.6 is 0 Å². The number of hydrogen-bond donors (Lipinski definition) is 1. The number of hydrazone groups is 1.